The Labute approximate surface area is 121 Å². The van der Waals surface area contributed by atoms with Crippen molar-refractivity contribution in [2.45, 2.75) is 51.1 Å². The molecule has 2 heterocycles. The van der Waals surface area contributed by atoms with Crippen LogP contribution in [0.25, 0.3) is 0 Å². The van der Waals surface area contributed by atoms with E-state index in [-0.39, 0.29) is 5.91 Å². The summed E-state index contributed by atoms with van der Waals surface area (Å²) in [6.45, 7) is 4.01. The predicted octanol–water partition coefficient (Wildman–Crippen LogP) is 2.08. The monoisotopic (exact) mass is 275 g/mol. The summed E-state index contributed by atoms with van der Waals surface area (Å²) < 4.78 is 2.01. The van der Waals surface area contributed by atoms with Crippen LogP contribution in [0.4, 0.5) is 0 Å². The van der Waals surface area contributed by atoms with Gasteiger partial charge in [-0.15, -0.1) is 0 Å². The second-order valence-electron chi connectivity index (χ2n) is 6.25. The Hall–Kier alpha value is -1.29. The average Bonchev–Trinajstić information content (AvgIpc) is 3.25. The summed E-state index contributed by atoms with van der Waals surface area (Å²) in [5.74, 6) is 0.204. The van der Waals surface area contributed by atoms with Crippen molar-refractivity contribution in [3.8, 4) is 0 Å². The maximum atomic E-state index is 12.8. The minimum Gasteiger partial charge on any atom is -0.344 e. The maximum Gasteiger partial charge on any atom is 0.270 e. The fraction of sp³-hybridized carbons (Fsp3) is 0.688. The number of nitrogens with one attached hydrogen (secondary N) is 1. The summed E-state index contributed by atoms with van der Waals surface area (Å²) in [6, 6.07) is 4.94. The van der Waals surface area contributed by atoms with E-state index in [0.717, 1.165) is 24.5 Å². The van der Waals surface area contributed by atoms with Crippen molar-refractivity contribution in [3.05, 3.63) is 23.5 Å². The van der Waals surface area contributed by atoms with Gasteiger partial charge in [0.25, 0.3) is 5.91 Å². The van der Waals surface area contributed by atoms with Crippen LogP contribution >= 0.6 is 0 Å². The van der Waals surface area contributed by atoms with Gasteiger partial charge in [-0.2, -0.15) is 0 Å². The minimum atomic E-state index is 0.204. The first-order valence-corrected chi connectivity index (χ1v) is 7.83. The largest absolute Gasteiger partial charge is 0.344 e. The Bertz CT molecular complexity index is 484. The second-order valence-corrected chi connectivity index (χ2v) is 6.25. The number of nitrogens with zero attached hydrogens (tertiary/aromatic N) is 2. The molecule has 1 amide bonds. The van der Waals surface area contributed by atoms with Crippen LogP contribution in [0, 0.1) is 6.92 Å². The topological polar surface area (TPSA) is 37.3 Å². The van der Waals surface area contributed by atoms with Gasteiger partial charge < -0.3 is 14.8 Å². The van der Waals surface area contributed by atoms with Crippen LogP contribution in [-0.4, -0.2) is 40.5 Å². The van der Waals surface area contributed by atoms with Crippen LogP contribution in [0.2, 0.25) is 0 Å². The summed E-state index contributed by atoms with van der Waals surface area (Å²) in [4.78, 5) is 14.9. The van der Waals surface area contributed by atoms with E-state index >= 15 is 0 Å². The zero-order chi connectivity index (χ0) is 14.1. The molecule has 2 fully saturated rings. The second kappa shape index (κ2) is 5.60. The van der Waals surface area contributed by atoms with Gasteiger partial charge in [0.1, 0.15) is 5.69 Å². The van der Waals surface area contributed by atoms with Crippen LogP contribution in [0.5, 0.6) is 0 Å². The maximum absolute atomic E-state index is 12.8. The van der Waals surface area contributed by atoms with Gasteiger partial charge in [0, 0.05) is 31.4 Å². The molecule has 1 N–H and O–H groups in total. The lowest BCUT2D eigenvalue weighted by Gasteiger charge is -2.31. The zero-order valence-electron chi connectivity index (χ0n) is 12.6. The summed E-state index contributed by atoms with van der Waals surface area (Å²) in [5, 5.41) is 3.56. The molecule has 1 saturated carbocycles. The van der Waals surface area contributed by atoms with Crippen molar-refractivity contribution < 1.29 is 4.79 Å². The van der Waals surface area contributed by atoms with Gasteiger partial charge >= 0.3 is 0 Å². The normalized spacial score (nSPS) is 22.8. The highest BCUT2D eigenvalue weighted by Crippen LogP contribution is 2.29. The third-order valence-electron chi connectivity index (χ3n) is 4.67. The molecule has 0 spiro atoms. The van der Waals surface area contributed by atoms with Gasteiger partial charge in [-0.05, 0) is 51.3 Å². The van der Waals surface area contributed by atoms with Crippen molar-refractivity contribution in [3.63, 3.8) is 0 Å². The highest BCUT2D eigenvalue weighted by atomic mass is 16.2. The first-order chi connectivity index (χ1) is 9.66. The molecule has 1 aromatic heterocycles. The number of rotatable bonds is 4. The zero-order valence-corrected chi connectivity index (χ0v) is 12.6. The fourth-order valence-corrected chi connectivity index (χ4v) is 3.08. The van der Waals surface area contributed by atoms with Crippen molar-refractivity contribution in [1.82, 2.24) is 14.8 Å². The molecule has 1 aliphatic heterocycles. The van der Waals surface area contributed by atoms with E-state index < -0.39 is 0 Å². The van der Waals surface area contributed by atoms with Crippen molar-refractivity contribution in [2.75, 3.05) is 13.1 Å². The number of amides is 1. The van der Waals surface area contributed by atoms with Crippen LogP contribution in [-0.2, 0) is 7.05 Å². The highest BCUT2D eigenvalue weighted by molar-refractivity contribution is 5.93. The SMILES string of the molecule is Cc1ccc(C(=O)N(CC2CCCCN2)C2CC2)n1C. The molecule has 2 aliphatic rings. The van der Waals surface area contributed by atoms with Crippen molar-refractivity contribution >= 4 is 5.91 Å². The molecule has 4 heteroatoms. The van der Waals surface area contributed by atoms with E-state index in [1.807, 2.05) is 30.7 Å². The van der Waals surface area contributed by atoms with Crippen molar-refractivity contribution in [2.24, 2.45) is 7.05 Å². The number of carbonyl (C=O) groups excluding carboxylic acids is 1. The molecule has 1 unspecified atom stereocenters. The van der Waals surface area contributed by atoms with Gasteiger partial charge in [0.2, 0.25) is 0 Å². The standard InChI is InChI=1S/C16H25N3O/c1-12-6-9-15(18(12)2)16(20)19(14-7-8-14)11-13-5-3-4-10-17-13/h6,9,13-14,17H,3-5,7-8,10-11H2,1-2H3. The number of piperidine rings is 1. The molecule has 4 nitrogen and oxygen atoms in total. The third-order valence-corrected chi connectivity index (χ3v) is 4.67. The molecule has 3 rings (SSSR count). The number of carbonyl (C=O) groups is 1. The summed E-state index contributed by atoms with van der Waals surface area (Å²) >= 11 is 0. The van der Waals surface area contributed by atoms with Gasteiger partial charge in [-0.25, -0.2) is 0 Å². The van der Waals surface area contributed by atoms with E-state index in [2.05, 4.69) is 10.2 Å². The molecule has 1 aliphatic carbocycles. The summed E-state index contributed by atoms with van der Waals surface area (Å²) in [6.07, 6.45) is 6.09. The molecule has 1 aromatic rings. The number of hydrogen-bond donors (Lipinski definition) is 1. The molecule has 0 radical (unpaired) electrons. The Morgan fingerprint density at radius 1 is 1.35 bits per heavy atom. The van der Waals surface area contributed by atoms with Crippen LogP contribution in [0.3, 0.4) is 0 Å². The molecule has 0 aromatic carbocycles. The molecular weight excluding hydrogens is 250 g/mol. The van der Waals surface area contributed by atoms with Gasteiger partial charge in [0.05, 0.1) is 0 Å². The Kier molecular flexibility index (Phi) is 3.83. The quantitative estimate of drug-likeness (QED) is 0.913. The van der Waals surface area contributed by atoms with Gasteiger partial charge in [0.15, 0.2) is 0 Å². The van der Waals surface area contributed by atoms with E-state index in [4.69, 9.17) is 0 Å². The molecular formula is C16H25N3O. The Morgan fingerprint density at radius 2 is 2.15 bits per heavy atom. The van der Waals surface area contributed by atoms with Crippen LogP contribution < -0.4 is 5.32 Å². The molecule has 110 valence electrons. The molecule has 0 bridgehead atoms. The average molecular weight is 275 g/mol. The van der Waals surface area contributed by atoms with E-state index in [9.17, 15) is 4.79 Å². The smallest absolute Gasteiger partial charge is 0.270 e. The summed E-state index contributed by atoms with van der Waals surface area (Å²) in [7, 11) is 1.98. The first-order valence-electron chi connectivity index (χ1n) is 7.83. The first kappa shape index (κ1) is 13.7. The predicted molar refractivity (Wildman–Crippen MR) is 79.9 cm³/mol. The van der Waals surface area contributed by atoms with E-state index in [1.54, 1.807) is 0 Å². The molecule has 1 saturated heterocycles. The van der Waals surface area contributed by atoms with Crippen LogP contribution in [0.15, 0.2) is 12.1 Å². The lowest BCUT2D eigenvalue weighted by Crippen LogP contribution is -2.47. The summed E-state index contributed by atoms with van der Waals surface area (Å²) in [5.41, 5.74) is 1.96. The lowest BCUT2D eigenvalue weighted by atomic mass is 10.0. The number of aryl methyl sites for hydroxylation is 1. The van der Waals surface area contributed by atoms with Gasteiger partial charge in [-0.3, -0.25) is 4.79 Å². The third kappa shape index (κ3) is 2.75. The van der Waals surface area contributed by atoms with Crippen LogP contribution in [0.1, 0.15) is 48.3 Å². The molecule has 1 atom stereocenters. The number of hydrogen-bond acceptors (Lipinski definition) is 2. The van der Waals surface area contributed by atoms with Gasteiger partial charge in [-0.1, -0.05) is 6.42 Å². The highest BCUT2D eigenvalue weighted by Gasteiger charge is 2.35. The van der Waals surface area contributed by atoms with E-state index in [1.165, 1.54) is 32.1 Å². The Balaban J connectivity index is 1.73. The van der Waals surface area contributed by atoms with E-state index in [0.29, 0.717) is 12.1 Å². The lowest BCUT2D eigenvalue weighted by molar-refractivity contribution is 0.0708. The van der Waals surface area contributed by atoms with Crippen molar-refractivity contribution in [1.29, 1.82) is 0 Å². The fourth-order valence-electron chi connectivity index (χ4n) is 3.08. The minimum absolute atomic E-state index is 0.204. The Morgan fingerprint density at radius 3 is 2.70 bits per heavy atom. The molecule has 20 heavy (non-hydrogen) atoms. The number of aromatic nitrogens is 1.